The molecule has 1 rings (SSSR count). The summed E-state index contributed by atoms with van der Waals surface area (Å²) in [5, 5.41) is 0. The summed E-state index contributed by atoms with van der Waals surface area (Å²) in [6.45, 7) is 0. The zero-order valence-electron chi connectivity index (χ0n) is 4.16. The van der Waals surface area contributed by atoms with Gasteiger partial charge in [-0.3, -0.25) is 0 Å². The van der Waals surface area contributed by atoms with Crippen molar-refractivity contribution < 1.29 is 4.52 Å². The summed E-state index contributed by atoms with van der Waals surface area (Å²) in [4.78, 5) is 0. The SMILES string of the molecule is COp1cccc1. The highest BCUT2D eigenvalue weighted by Crippen LogP contribution is 2.21. The minimum Gasteiger partial charge on any atom is -0.336 e. The van der Waals surface area contributed by atoms with Gasteiger partial charge in [0.05, 0.1) is 0 Å². The molecule has 0 N–H and O–H groups in total. The normalized spacial score (nSPS) is 9.29. The monoisotopic (exact) mass is 114 g/mol. The number of hydrogen-bond acceptors (Lipinski definition) is 1. The molecule has 0 aromatic carbocycles. The molecule has 1 aromatic rings. The fraction of sp³-hybridized carbons (Fsp3) is 0.200. The Morgan fingerprint density at radius 3 is 2.14 bits per heavy atom. The molecular weight excluding hydrogens is 107 g/mol. The topological polar surface area (TPSA) is 9.23 Å². The fourth-order valence-electron chi connectivity index (χ4n) is 0.440. The van der Waals surface area contributed by atoms with Crippen LogP contribution in [0.15, 0.2) is 23.7 Å². The lowest BCUT2D eigenvalue weighted by molar-refractivity contribution is 0.556. The van der Waals surface area contributed by atoms with Crippen LogP contribution in [0.4, 0.5) is 0 Å². The second kappa shape index (κ2) is 2.15. The Balaban J connectivity index is 2.76. The Morgan fingerprint density at radius 1 is 1.29 bits per heavy atom. The molecule has 0 atom stereocenters. The lowest BCUT2D eigenvalue weighted by Crippen LogP contribution is -1.68. The van der Waals surface area contributed by atoms with Gasteiger partial charge in [-0.1, -0.05) is 12.1 Å². The quantitative estimate of drug-likeness (QED) is 0.540. The third-order valence-electron chi connectivity index (χ3n) is 0.788. The molecule has 0 fully saturated rings. The zero-order valence-corrected chi connectivity index (χ0v) is 5.06. The first-order valence-electron chi connectivity index (χ1n) is 2.11. The van der Waals surface area contributed by atoms with Gasteiger partial charge in [-0.15, -0.1) is 0 Å². The number of rotatable bonds is 1. The third-order valence-corrected chi connectivity index (χ3v) is 2.14. The van der Waals surface area contributed by atoms with Crippen LogP contribution in [0.1, 0.15) is 0 Å². The van der Waals surface area contributed by atoms with Gasteiger partial charge in [0.25, 0.3) is 0 Å². The van der Waals surface area contributed by atoms with E-state index >= 15 is 0 Å². The van der Waals surface area contributed by atoms with Gasteiger partial charge >= 0.3 is 0 Å². The van der Waals surface area contributed by atoms with Crippen LogP contribution in [0, 0.1) is 0 Å². The van der Waals surface area contributed by atoms with E-state index in [1.807, 2.05) is 12.1 Å². The molecule has 38 valence electrons. The molecule has 0 aliphatic carbocycles. The van der Waals surface area contributed by atoms with Crippen molar-refractivity contribution in [1.82, 2.24) is 0 Å². The van der Waals surface area contributed by atoms with Crippen LogP contribution in [0.3, 0.4) is 0 Å². The molecule has 0 saturated carbocycles. The molecule has 0 radical (unpaired) electrons. The van der Waals surface area contributed by atoms with Crippen LogP contribution in [-0.2, 0) is 0 Å². The summed E-state index contributed by atoms with van der Waals surface area (Å²) in [5.41, 5.74) is 0. The predicted molar refractivity (Wildman–Crippen MR) is 31.7 cm³/mol. The molecule has 1 nitrogen and oxygen atoms in total. The molecule has 1 aromatic heterocycles. The maximum Gasteiger partial charge on any atom is 0.0459 e. The van der Waals surface area contributed by atoms with E-state index in [4.69, 9.17) is 4.52 Å². The average Bonchev–Trinajstić information content (AvgIpc) is 2.14. The molecule has 1 heterocycles. The maximum absolute atomic E-state index is 5.00. The van der Waals surface area contributed by atoms with E-state index in [1.54, 1.807) is 7.11 Å². The van der Waals surface area contributed by atoms with Crippen LogP contribution in [0.25, 0.3) is 0 Å². The molecule has 2 heteroatoms. The highest BCUT2D eigenvalue weighted by atomic mass is 31.1. The van der Waals surface area contributed by atoms with Gasteiger partial charge in [-0.2, -0.15) is 0 Å². The third kappa shape index (κ3) is 1.05. The van der Waals surface area contributed by atoms with Crippen molar-refractivity contribution in [2.45, 2.75) is 0 Å². The van der Waals surface area contributed by atoms with Gasteiger partial charge in [0.2, 0.25) is 0 Å². The van der Waals surface area contributed by atoms with E-state index in [0.717, 1.165) is 0 Å². The summed E-state index contributed by atoms with van der Waals surface area (Å²) in [6.07, 6.45) is 0. The molecular formula is C5H7OP. The van der Waals surface area contributed by atoms with Crippen LogP contribution in [0.5, 0.6) is 0 Å². The van der Waals surface area contributed by atoms with E-state index in [0.29, 0.717) is 0 Å². The highest BCUT2D eigenvalue weighted by Gasteiger charge is 1.80. The van der Waals surface area contributed by atoms with E-state index in [1.165, 1.54) is 0 Å². The Hall–Kier alpha value is -0.260. The summed E-state index contributed by atoms with van der Waals surface area (Å²) in [5.74, 6) is 4.13. The minimum atomic E-state index is -0.304. The molecule has 0 aliphatic rings. The second-order valence-electron chi connectivity index (χ2n) is 1.23. The van der Waals surface area contributed by atoms with E-state index < -0.39 is 0 Å². The first-order valence-corrected chi connectivity index (χ1v) is 3.51. The summed E-state index contributed by atoms with van der Waals surface area (Å²) in [6, 6.07) is 4.02. The predicted octanol–water partition coefficient (Wildman–Crippen LogP) is 1.73. The zero-order chi connectivity index (χ0) is 5.11. The molecule has 0 unspecified atom stereocenters. The van der Waals surface area contributed by atoms with Crippen LogP contribution < -0.4 is 4.52 Å². The van der Waals surface area contributed by atoms with Crippen molar-refractivity contribution >= 4 is 7.76 Å². The maximum atomic E-state index is 5.00. The highest BCUT2D eigenvalue weighted by molar-refractivity contribution is 7.43. The van der Waals surface area contributed by atoms with Gasteiger partial charge in [0, 0.05) is 14.9 Å². The Bertz CT molecular complexity index is 123. The lowest BCUT2D eigenvalue weighted by Gasteiger charge is -1.85. The van der Waals surface area contributed by atoms with Gasteiger partial charge in [0.15, 0.2) is 0 Å². The Labute approximate surface area is 44.1 Å². The largest absolute Gasteiger partial charge is 0.336 e. The molecule has 0 aliphatic heterocycles. The van der Waals surface area contributed by atoms with Gasteiger partial charge < -0.3 is 4.52 Å². The second-order valence-corrected chi connectivity index (χ2v) is 2.91. The summed E-state index contributed by atoms with van der Waals surface area (Å²) < 4.78 is 5.00. The van der Waals surface area contributed by atoms with Gasteiger partial charge in [0.1, 0.15) is 0 Å². The molecule has 0 saturated heterocycles. The molecule has 7 heavy (non-hydrogen) atoms. The molecule has 0 amide bonds. The first-order chi connectivity index (χ1) is 3.43. The van der Waals surface area contributed by atoms with E-state index in [2.05, 4.69) is 11.6 Å². The summed E-state index contributed by atoms with van der Waals surface area (Å²) >= 11 is 0. The van der Waals surface area contributed by atoms with E-state index in [-0.39, 0.29) is 7.76 Å². The van der Waals surface area contributed by atoms with Gasteiger partial charge in [-0.05, 0) is 11.6 Å². The van der Waals surface area contributed by atoms with Crippen LogP contribution in [-0.4, -0.2) is 7.11 Å². The van der Waals surface area contributed by atoms with E-state index in [9.17, 15) is 0 Å². The van der Waals surface area contributed by atoms with Crippen LogP contribution >= 0.6 is 7.76 Å². The van der Waals surface area contributed by atoms with Crippen molar-refractivity contribution in [2.75, 3.05) is 7.11 Å². The molecule has 0 bridgehead atoms. The smallest absolute Gasteiger partial charge is 0.0459 e. The Kier molecular flexibility index (Phi) is 1.50. The van der Waals surface area contributed by atoms with Gasteiger partial charge in [-0.25, -0.2) is 0 Å². The van der Waals surface area contributed by atoms with Crippen LogP contribution in [0.2, 0.25) is 0 Å². The van der Waals surface area contributed by atoms with Crippen molar-refractivity contribution in [3.05, 3.63) is 23.7 Å². The van der Waals surface area contributed by atoms with Crippen molar-refractivity contribution in [2.24, 2.45) is 0 Å². The van der Waals surface area contributed by atoms with Crippen molar-refractivity contribution in [3.8, 4) is 0 Å². The fourth-order valence-corrected chi connectivity index (χ4v) is 1.32. The van der Waals surface area contributed by atoms with Crippen molar-refractivity contribution in [3.63, 3.8) is 0 Å². The first kappa shape index (κ1) is 4.89. The lowest BCUT2D eigenvalue weighted by atomic mass is 10.7. The Morgan fingerprint density at radius 2 is 1.86 bits per heavy atom. The summed E-state index contributed by atoms with van der Waals surface area (Å²) in [7, 11) is 1.42. The number of hydrogen-bond donors (Lipinski definition) is 0. The minimum absolute atomic E-state index is 0.304. The van der Waals surface area contributed by atoms with Crippen molar-refractivity contribution in [1.29, 1.82) is 0 Å². The standard InChI is InChI=1S/C5H7OP/c1-6-7-4-2-3-5-7/h2-5H,1H3. The molecule has 0 spiro atoms. The average molecular weight is 114 g/mol.